The SMILES string of the molecule is Cc1nnc(CN=C(NCCN2CCOCC2)NCC2(Sc3ccccc3)CC2)n1C. The van der Waals surface area contributed by atoms with Gasteiger partial charge in [0.15, 0.2) is 11.8 Å². The van der Waals surface area contributed by atoms with Crippen molar-refractivity contribution < 1.29 is 4.74 Å². The number of ether oxygens (including phenoxy) is 1. The van der Waals surface area contributed by atoms with Crippen LogP contribution in [-0.2, 0) is 18.3 Å². The summed E-state index contributed by atoms with van der Waals surface area (Å²) in [7, 11) is 1.98. The third-order valence-electron chi connectivity index (χ3n) is 5.85. The molecule has 31 heavy (non-hydrogen) atoms. The van der Waals surface area contributed by atoms with Crippen molar-refractivity contribution >= 4 is 17.7 Å². The molecule has 0 bridgehead atoms. The maximum atomic E-state index is 5.44. The van der Waals surface area contributed by atoms with Crippen LogP contribution in [0, 0.1) is 6.92 Å². The van der Waals surface area contributed by atoms with Crippen molar-refractivity contribution in [3.8, 4) is 0 Å². The maximum Gasteiger partial charge on any atom is 0.191 e. The smallest absolute Gasteiger partial charge is 0.191 e. The van der Waals surface area contributed by atoms with Gasteiger partial charge in [-0.1, -0.05) is 18.2 Å². The number of rotatable bonds is 9. The van der Waals surface area contributed by atoms with Gasteiger partial charge < -0.3 is 19.9 Å². The molecule has 8 nitrogen and oxygen atoms in total. The van der Waals surface area contributed by atoms with Crippen molar-refractivity contribution in [2.24, 2.45) is 12.0 Å². The van der Waals surface area contributed by atoms with Crippen LogP contribution < -0.4 is 10.6 Å². The van der Waals surface area contributed by atoms with Gasteiger partial charge in [-0.25, -0.2) is 4.99 Å². The topological polar surface area (TPSA) is 79.6 Å². The standard InChI is InChI=1S/C22H33N7OS/c1-18-26-27-20(28(18)2)16-24-21(23-10-11-29-12-14-30-15-13-29)25-17-22(8-9-22)31-19-6-4-3-5-7-19/h3-7H,8-17H2,1-2H3,(H2,23,24,25). The molecule has 1 aromatic carbocycles. The maximum absolute atomic E-state index is 5.44. The van der Waals surface area contributed by atoms with Gasteiger partial charge in [-0.3, -0.25) is 4.90 Å². The van der Waals surface area contributed by atoms with Gasteiger partial charge >= 0.3 is 0 Å². The molecule has 1 saturated carbocycles. The van der Waals surface area contributed by atoms with Gasteiger partial charge in [0, 0.05) is 49.4 Å². The number of hydrogen-bond acceptors (Lipinski definition) is 6. The number of aromatic nitrogens is 3. The number of morpholine rings is 1. The summed E-state index contributed by atoms with van der Waals surface area (Å²) in [6, 6.07) is 10.7. The molecule has 0 atom stereocenters. The number of nitrogens with one attached hydrogen (secondary N) is 2. The Morgan fingerprint density at radius 1 is 1.16 bits per heavy atom. The van der Waals surface area contributed by atoms with Crippen molar-refractivity contribution in [1.82, 2.24) is 30.3 Å². The highest BCUT2D eigenvalue weighted by molar-refractivity contribution is 8.01. The first-order valence-electron chi connectivity index (χ1n) is 11.0. The lowest BCUT2D eigenvalue weighted by Crippen LogP contribution is -2.46. The van der Waals surface area contributed by atoms with Gasteiger partial charge in [-0.15, -0.1) is 22.0 Å². The molecule has 0 amide bonds. The van der Waals surface area contributed by atoms with E-state index in [-0.39, 0.29) is 4.75 Å². The second kappa shape index (κ2) is 10.5. The molecule has 1 saturated heterocycles. The quantitative estimate of drug-likeness (QED) is 0.452. The molecule has 0 unspecified atom stereocenters. The van der Waals surface area contributed by atoms with Gasteiger partial charge in [-0.2, -0.15) is 0 Å². The largest absolute Gasteiger partial charge is 0.379 e. The predicted octanol–water partition coefficient (Wildman–Crippen LogP) is 1.82. The van der Waals surface area contributed by atoms with Crippen molar-refractivity contribution in [2.45, 2.75) is 36.0 Å². The Bertz CT molecular complexity index is 860. The number of thioether (sulfide) groups is 1. The van der Waals surface area contributed by atoms with E-state index in [0.29, 0.717) is 6.54 Å². The average Bonchev–Trinajstić information content (AvgIpc) is 3.49. The fourth-order valence-corrected chi connectivity index (χ4v) is 4.75. The number of guanidine groups is 1. The molecule has 2 heterocycles. The molecule has 2 aliphatic rings. The molecule has 2 fully saturated rings. The molecular weight excluding hydrogens is 410 g/mol. The first kappa shape index (κ1) is 22.1. The molecule has 0 spiro atoms. The summed E-state index contributed by atoms with van der Waals surface area (Å²) >= 11 is 1.97. The summed E-state index contributed by atoms with van der Waals surface area (Å²) < 4.78 is 7.69. The summed E-state index contributed by atoms with van der Waals surface area (Å²) in [5, 5.41) is 15.5. The Morgan fingerprint density at radius 2 is 1.94 bits per heavy atom. The van der Waals surface area contributed by atoms with Crippen LogP contribution in [0.25, 0.3) is 0 Å². The zero-order chi connectivity index (χ0) is 21.5. The third kappa shape index (κ3) is 6.44. The van der Waals surface area contributed by atoms with E-state index in [1.807, 2.05) is 30.3 Å². The molecular formula is C22H33N7OS. The molecule has 2 N–H and O–H groups in total. The molecule has 9 heteroatoms. The van der Waals surface area contributed by atoms with Crippen molar-refractivity contribution in [3.05, 3.63) is 42.0 Å². The van der Waals surface area contributed by atoms with E-state index < -0.39 is 0 Å². The summed E-state index contributed by atoms with van der Waals surface area (Å²) in [6.07, 6.45) is 2.45. The lowest BCUT2D eigenvalue weighted by molar-refractivity contribution is 0.0389. The summed E-state index contributed by atoms with van der Waals surface area (Å²) in [6.45, 7) is 8.83. The zero-order valence-corrected chi connectivity index (χ0v) is 19.3. The van der Waals surface area contributed by atoms with Crippen LogP contribution in [0.5, 0.6) is 0 Å². The number of aliphatic imine (C=N–C) groups is 1. The number of nitrogens with zero attached hydrogens (tertiary/aromatic N) is 5. The van der Waals surface area contributed by atoms with Crippen LogP contribution in [0.15, 0.2) is 40.2 Å². The Hall–Kier alpha value is -2.10. The van der Waals surface area contributed by atoms with E-state index >= 15 is 0 Å². The monoisotopic (exact) mass is 443 g/mol. The highest BCUT2D eigenvalue weighted by atomic mass is 32.2. The molecule has 1 aliphatic carbocycles. The van der Waals surface area contributed by atoms with Crippen LogP contribution in [-0.4, -0.2) is 76.3 Å². The molecule has 0 radical (unpaired) electrons. The minimum Gasteiger partial charge on any atom is -0.379 e. The predicted molar refractivity (Wildman–Crippen MR) is 124 cm³/mol. The Balaban J connectivity index is 1.34. The Kier molecular flexibility index (Phi) is 7.47. The zero-order valence-electron chi connectivity index (χ0n) is 18.5. The molecule has 4 rings (SSSR count). The first-order valence-corrected chi connectivity index (χ1v) is 11.9. The van der Waals surface area contributed by atoms with E-state index in [9.17, 15) is 0 Å². The van der Waals surface area contributed by atoms with E-state index in [2.05, 4.69) is 56.1 Å². The molecule has 2 aromatic rings. The summed E-state index contributed by atoms with van der Waals surface area (Å²) in [5.41, 5.74) is 0. The van der Waals surface area contributed by atoms with Gasteiger partial charge in [0.05, 0.1) is 13.2 Å². The van der Waals surface area contributed by atoms with E-state index in [0.717, 1.165) is 63.5 Å². The second-order valence-corrected chi connectivity index (χ2v) is 9.76. The van der Waals surface area contributed by atoms with Gasteiger partial charge in [0.2, 0.25) is 0 Å². The van der Waals surface area contributed by atoms with Gasteiger partial charge in [0.1, 0.15) is 12.4 Å². The van der Waals surface area contributed by atoms with Gasteiger partial charge in [0.25, 0.3) is 0 Å². The van der Waals surface area contributed by atoms with E-state index in [4.69, 9.17) is 9.73 Å². The molecule has 1 aromatic heterocycles. The highest BCUT2D eigenvalue weighted by Gasteiger charge is 2.43. The Morgan fingerprint density at radius 3 is 2.61 bits per heavy atom. The Labute approximate surface area is 188 Å². The fraction of sp³-hybridized carbons (Fsp3) is 0.591. The van der Waals surface area contributed by atoms with Crippen molar-refractivity contribution in [2.75, 3.05) is 45.9 Å². The average molecular weight is 444 g/mol. The van der Waals surface area contributed by atoms with Crippen LogP contribution >= 0.6 is 11.8 Å². The minimum absolute atomic E-state index is 0.259. The van der Waals surface area contributed by atoms with Gasteiger partial charge in [-0.05, 0) is 31.9 Å². The fourth-order valence-electron chi connectivity index (χ4n) is 3.51. The van der Waals surface area contributed by atoms with Crippen molar-refractivity contribution in [1.29, 1.82) is 0 Å². The molecule has 1 aliphatic heterocycles. The third-order valence-corrected chi connectivity index (χ3v) is 7.34. The minimum atomic E-state index is 0.259. The van der Waals surface area contributed by atoms with E-state index in [1.165, 1.54) is 17.7 Å². The van der Waals surface area contributed by atoms with Crippen LogP contribution in [0.2, 0.25) is 0 Å². The van der Waals surface area contributed by atoms with Crippen LogP contribution in [0.1, 0.15) is 24.5 Å². The number of hydrogen-bond donors (Lipinski definition) is 2. The highest BCUT2D eigenvalue weighted by Crippen LogP contribution is 2.51. The lowest BCUT2D eigenvalue weighted by atomic mass is 10.4. The lowest BCUT2D eigenvalue weighted by Gasteiger charge is -2.27. The summed E-state index contributed by atoms with van der Waals surface area (Å²) in [5.74, 6) is 2.61. The normalized spacial score (nSPS) is 18.7. The van der Waals surface area contributed by atoms with Crippen LogP contribution in [0.4, 0.5) is 0 Å². The first-order chi connectivity index (χ1) is 15.1. The van der Waals surface area contributed by atoms with E-state index in [1.54, 1.807) is 0 Å². The molecule has 168 valence electrons. The van der Waals surface area contributed by atoms with Crippen LogP contribution in [0.3, 0.4) is 0 Å². The second-order valence-electron chi connectivity index (χ2n) is 8.22. The van der Waals surface area contributed by atoms with Crippen molar-refractivity contribution in [3.63, 3.8) is 0 Å². The summed E-state index contributed by atoms with van der Waals surface area (Å²) in [4.78, 5) is 8.56. The number of aryl methyl sites for hydroxylation is 1. The number of benzene rings is 1.